The average molecular weight is 260 g/mol. The Bertz CT molecular complexity index is 583. The maximum Gasteiger partial charge on any atom is 0.325 e. The van der Waals surface area contributed by atoms with E-state index < -0.39 is 0 Å². The first-order valence-corrected chi connectivity index (χ1v) is 5.96. The van der Waals surface area contributed by atoms with Gasteiger partial charge in [-0.2, -0.15) is 0 Å². The van der Waals surface area contributed by atoms with Crippen LogP contribution in [-0.4, -0.2) is 11.2 Å². The Hall–Kier alpha value is -2.21. The van der Waals surface area contributed by atoms with Gasteiger partial charge in [0, 0.05) is 5.56 Å². The SMILES string of the molecule is C/C([O-])=N\c1on[n+](Cc2ccc(C)cc2)c1CN. The molecule has 0 atom stereocenters. The van der Waals surface area contributed by atoms with Gasteiger partial charge in [-0.15, -0.1) is 0 Å². The van der Waals surface area contributed by atoms with E-state index >= 15 is 0 Å². The van der Waals surface area contributed by atoms with Crippen molar-refractivity contribution in [2.45, 2.75) is 26.9 Å². The van der Waals surface area contributed by atoms with E-state index in [1.54, 1.807) is 4.68 Å². The Morgan fingerprint density at radius 1 is 1.42 bits per heavy atom. The van der Waals surface area contributed by atoms with Gasteiger partial charge in [0.1, 0.15) is 0 Å². The lowest BCUT2D eigenvalue weighted by Gasteiger charge is -1.98. The van der Waals surface area contributed by atoms with Gasteiger partial charge in [0.2, 0.25) is 11.8 Å². The van der Waals surface area contributed by atoms with Crippen molar-refractivity contribution in [3.8, 4) is 0 Å². The third-order valence-corrected chi connectivity index (χ3v) is 2.69. The highest BCUT2D eigenvalue weighted by molar-refractivity contribution is 5.71. The molecule has 0 unspecified atom stereocenters. The summed E-state index contributed by atoms with van der Waals surface area (Å²) in [5.41, 5.74) is 8.54. The minimum atomic E-state index is -0.340. The summed E-state index contributed by atoms with van der Waals surface area (Å²) in [5.74, 6) is -0.157. The van der Waals surface area contributed by atoms with E-state index in [-0.39, 0.29) is 18.3 Å². The van der Waals surface area contributed by atoms with E-state index in [9.17, 15) is 5.11 Å². The number of rotatable bonds is 4. The summed E-state index contributed by atoms with van der Waals surface area (Å²) in [5, 5.41) is 14.9. The van der Waals surface area contributed by atoms with Crippen LogP contribution >= 0.6 is 0 Å². The topological polar surface area (TPSA) is 91.3 Å². The van der Waals surface area contributed by atoms with Gasteiger partial charge < -0.3 is 10.8 Å². The van der Waals surface area contributed by atoms with Crippen LogP contribution in [0.3, 0.4) is 0 Å². The summed E-state index contributed by atoms with van der Waals surface area (Å²) in [7, 11) is 0. The van der Waals surface area contributed by atoms with Crippen molar-refractivity contribution in [1.82, 2.24) is 5.27 Å². The Balaban J connectivity index is 2.28. The van der Waals surface area contributed by atoms with Gasteiger partial charge in [0.15, 0.2) is 0 Å². The quantitative estimate of drug-likeness (QED) is 0.482. The maximum absolute atomic E-state index is 11.0. The van der Waals surface area contributed by atoms with E-state index in [1.807, 2.05) is 31.2 Å². The predicted octanol–water partition coefficient (Wildman–Crippen LogP) is 0.188. The van der Waals surface area contributed by atoms with Gasteiger partial charge in [0.25, 0.3) is 5.69 Å². The molecule has 0 aliphatic carbocycles. The normalized spacial score (nSPS) is 11.8. The molecule has 0 spiro atoms. The van der Waals surface area contributed by atoms with Gasteiger partial charge >= 0.3 is 5.88 Å². The molecule has 0 saturated heterocycles. The zero-order valence-electron chi connectivity index (χ0n) is 11.0. The molecule has 0 bridgehead atoms. The molecular weight excluding hydrogens is 244 g/mol. The van der Waals surface area contributed by atoms with Crippen molar-refractivity contribution in [3.63, 3.8) is 0 Å². The van der Waals surface area contributed by atoms with Crippen LogP contribution in [-0.2, 0) is 13.1 Å². The standard InChI is InChI=1S/C13H16N4O2/c1-9-3-5-11(6-4-9)8-17-12(7-14)13(19-16-17)15-10(2)18/h3-6H,7-8,14H2,1-2H3. The first-order chi connectivity index (χ1) is 9.10. The summed E-state index contributed by atoms with van der Waals surface area (Å²) >= 11 is 0. The summed E-state index contributed by atoms with van der Waals surface area (Å²) in [6.07, 6.45) is 0. The second-order valence-corrected chi connectivity index (χ2v) is 4.30. The summed E-state index contributed by atoms with van der Waals surface area (Å²) in [4.78, 5) is 3.74. The summed E-state index contributed by atoms with van der Waals surface area (Å²) in [6.45, 7) is 4.13. The zero-order valence-corrected chi connectivity index (χ0v) is 11.0. The molecule has 0 fully saturated rings. The van der Waals surface area contributed by atoms with Crippen LogP contribution in [0.4, 0.5) is 5.88 Å². The molecule has 6 heteroatoms. The van der Waals surface area contributed by atoms with Crippen LogP contribution in [0.5, 0.6) is 0 Å². The highest BCUT2D eigenvalue weighted by atomic mass is 16.5. The largest absolute Gasteiger partial charge is 0.862 e. The number of nitrogens with two attached hydrogens (primary N) is 1. The number of aromatic nitrogens is 2. The van der Waals surface area contributed by atoms with Gasteiger partial charge in [0.05, 0.1) is 6.54 Å². The van der Waals surface area contributed by atoms with Crippen LogP contribution < -0.4 is 15.5 Å². The molecule has 0 radical (unpaired) electrons. The Morgan fingerprint density at radius 3 is 2.68 bits per heavy atom. The fourth-order valence-corrected chi connectivity index (χ4v) is 1.71. The van der Waals surface area contributed by atoms with Gasteiger partial charge in [-0.3, -0.25) is 4.52 Å². The van der Waals surface area contributed by atoms with E-state index in [1.165, 1.54) is 12.5 Å². The van der Waals surface area contributed by atoms with Crippen LogP contribution in [0, 0.1) is 6.92 Å². The van der Waals surface area contributed by atoms with Crippen molar-refractivity contribution in [2.24, 2.45) is 10.7 Å². The molecule has 2 rings (SSSR count). The van der Waals surface area contributed by atoms with Gasteiger partial charge in [-0.25, -0.2) is 4.99 Å². The molecule has 2 aromatic rings. The molecule has 0 aliphatic heterocycles. The van der Waals surface area contributed by atoms with E-state index in [0.29, 0.717) is 12.2 Å². The highest BCUT2D eigenvalue weighted by Gasteiger charge is 2.22. The smallest absolute Gasteiger partial charge is 0.325 e. The molecule has 100 valence electrons. The second-order valence-electron chi connectivity index (χ2n) is 4.30. The van der Waals surface area contributed by atoms with E-state index in [0.717, 1.165) is 5.56 Å². The third kappa shape index (κ3) is 3.17. The van der Waals surface area contributed by atoms with E-state index in [4.69, 9.17) is 10.3 Å². The number of hydrogen-bond donors (Lipinski definition) is 1. The minimum Gasteiger partial charge on any atom is -0.862 e. The van der Waals surface area contributed by atoms with Crippen molar-refractivity contribution in [3.05, 3.63) is 41.1 Å². The fraction of sp³-hybridized carbons (Fsp3) is 0.308. The van der Waals surface area contributed by atoms with Crippen molar-refractivity contribution >= 4 is 11.8 Å². The van der Waals surface area contributed by atoms with Crippen molar-refractivity contribution in [2.75, 3.05) is 0 Å². The molecule has 1 heterocycles. The minimum absolute atomic E-state index is 0.183. The molecule has 1 aromatic carbocycles. The fourth-order valence-electron chi connectivity index (χ4n) is 1.71. The average Bonchev–Trinajstić information content (AvgIpc) is 2.73. The van der Waals surface area contributed by atoms with Crippen molar-refractivity contribution < 1.29 is 14.3 Å². The van der Waals surface area contributed by atoms with Crippen LogP contribution in [0.25, 0.3) is 0 Å². The van der Waals surface area contributed by atoms with Crippen LogP contribution in [0.15, 0.2) is 33.8 Å². The van der Waals surface area contributed by atoms with Crippen LogP contribution in [0.2, 0.25) is 0 Å². The highest BCUT2D eigenvalue weighted by Crippen LogP contribution is 2.14. The first-order valence-electron chi connectivity index (χ1n) is 5.96. The molecule has 6 nitrogen and oxygen atoms in total. The van der Waals surface area contributed by atoms with Gasteiger partial charge in [-0.1, -0.05) is 29.8 Å². The second kappa shape index (κ2) is 5.62. The maximum atomic E-state index is 11.0. The molecule has 0 saturated carbocycles. The monoisotopic (exact) mass is 260 g/mol. The summed E-state index contributed by atoms with van der Waals surface area (Å²) < 4.78 is 6.66. The Kier molecular flexibility index (Phi) is 3.91. The predicted molar refractivity (Wildman–Crippen MR) is 67.6 cm³/mol. The third-order valence-electron chi connectivity index (χ3n) is 2.69. The molecule has 19 heavy (non-hydrogen) atoms. The lowest BCUT2D eigenvalue weighted by molar-refractivity contribution is -0.760. The Labute approximate surface area is 111 Å². The molecule has 2 N–H and O–H groups in total. The lowest BCUT2D eigenvalue weighted by atomic mass is 10.1. The molecule has 1 aromatic heterocycles. The number of hydrogen-bond acceptors (Lipinski definition) is 5. The number of aryl methyl sites for hydroxylation is 1. The summed E-state index contributed by atoms with van der Waals surface area (Å²) in [6, 6.07) is 8.08. The number of nitrogens with zero attached hydrogens (tertiary/aromatic N) is 3. The number of benzene rings is 1. The lowest BCUT2D eigenvalue weighted by Crippen LogP contribution is -2.40. The van der Waals surface area contributed by atoms with Gasteiger partial charge in [-0.05, 0) is 24.4 Å². The first kappa shape index (κ1) is 13.2. The van der Waals surface area contributed by atoms with E-state index in [2.05, 4.69) is 10.3 Å². The molecule has 0 aliphatic rings. The zero-order chi connectivity index (χ0) is 13.8. The molecular formula is C13H16N4O2. The van der Waals surface area contributed by atoms with Crippen molar-refractivity contribution in [1.29, 1.82) is 0 Å². The Morgan fingerprint density at radius 2 is 2.11 bits per heavy atom. The molecule has 0 amide bonds. The van der Waals surface area contributed by atoms with Crippen LogP contribution in [0.1, 0.15) is 23.7 Å². The number of aliphatic imine (C=N–C) groups is 1.